The minimum Gasteiger partial charge on any atom is -0.496 e. The second kappa shape index (κ2) is 8.00. The highest BCUT2D eigenvalue weighted by molar-refractivity contribution is 5.59. The van der Waals surface area contributed by atoms with Crippen LogP contribution in [0, 0.1) is 5.82 Å². The molecule has 0 aliphatic carbocycles. The van der Waals surface area contributed by atoms with E-state index in [2.05, 4.69) is 15.2 Å². The Hall–Kier alpha value is -3.26. The van der Waals surface area contributed by atoms with E-state index >= 15 is 0 Å². The number of anilines is 1. The summed E-state index contributed by atoms with van der Waals surface area (Å²) in [5.41, 5.74) is 2.19. The van der Waals surface area contributed by atoms with Crippen LogP contribution in [-0.2, 0) is 7.05 Å². The molecule has 3 heterocycles. The lowest BCUT2D eigenvalue weighted by atomic mass is 10.0. The number of piperazine rings is 1. The van der Waals surface area contributed by atoms with Crippen molar-refractivity contribution >= 4 is 5.95 Å². The summed E-state index contributed by atoms with van der Waals surface area (Å²) < 4.78 is 20.5. The zero-order valence-electron chi connectivity index (χ0n) is 16.3. The molecule has 3 aromatic rings. The summed E-state index contributed by atoms with van der Waals surface area (Å²) in [6.45, 7) is 1.96. The van der Waals surface area contributed by atoms with Crippen molar-refractivity contribution in [3.05, 3.63) is 70.5 Å². The molecule has 1 aliphatic rings. The van der Waals surface area contributed by atoms with Crippen molar-refractivity contribution < 1.29 is 9.13 Å². The number of rotatable bonds is 4. The van der Waals surface area contributed by atoms with E-state index in [0.29, 0.717) is 37.0 Å². The zero-order chi connectivity index (χ0) is 20.4. The van der Waals surface area contributed by atoms with Gasteiger partial charge in [0.1, 0.15) is 11.6 Å². The summed E-state index contributed by atoms with van der Waals surface area (Å²) in [4.78, 5) is 23.4. The third kappa shape index (κ3) is 3.84. The predicted octanol–water partition coefficient (Wildman–Crippen LogP) is 2.14. The van der Waals surface area contributed by atoms with Crippen LogP contribution in [0.5, 0.6) is 5.75 Å². The maximum atomic E-state index is 13.6. The van der Waals surface area contributed by atoms with Crippen LogP contribution < -0.4 is 20.5 Å². The molecule has 1 atom stereocenters. The average molecular weight is 395 g/mol. The maximum absolute atomic E-state index is 13.6. The number of pyridine rings is 1. The molecule has 0 saturated carbocycles. The average Bonchev–Trinajstić information content (AvgIpc) is 2.76. The van der Waals surface area contributed by atoms with Crippen LogP contribution in [0.15, 0.2) is 53.6 Å². The van der Waals surface area contributed by atoms with Crippen LogP contribution in [0.4, 0.5) is 10.3 Å². The number of halogens is 1. The van der Waals surface area contributed by atoms with E-state index in [1.165, 1.54) is 25.3 Å². The first kappa shape index (κ1) is 19.1. The fourth-order valence-electron chi connectivity index (χ4n) is 3.59. The van der Waals surface area contributed by atoms with Gasteiger partial charge in [-0.05, 0) is 18.2 Å². The second-order valence-electron chi connectivity index (χ2n) is 6.91. The van der Waals surface area contributed by atoms with E-state index < -0.39 is 0 Å². The smallest absolute Gasteiger partial charge is 0.255 e. The molecule has 2 aromatic heterocycles. The molecule has 1 N–H and O–H groups in total. The van der Waals surface area contributed by atoms with Gasteiger partial charge in [-0.3, -0.25) is 14.3 Å². The monoisotopic (exact) mass is 395 g/mol. The molecule has 4 rings (SSSR count). The van der Waals surface area contributed by atoms with E-state index in [1.807, 2.05) is 12.1 Å². The lowest BCUT2D eigenvalue weighted by Gasteiger charge is -2.35. The molecule has 8 heteroatoms. The summed E-state index contributed by atoms with van der Waals surface area (Å²) in [6, 6.07) is 9.65. The largest absolute Gasteiger partial charge is 0.496 e. The van der Waals surface area contributed by atoms with Crippen molar-refractivity contribution in [3.8, 4) is 17.0 Å². The number of nitrogens with zero attached hydrogens (tertiary/aromatic N) is 4. The molecule has 150 valence electrons. The van der Waals surface area contributed by atoms with Crippen molar-refractivity contribution in [1.82, 2.24) is 19.9 Å². The zero-order valence-corrected chi connectivity index (χ0v) is 16.3. The summed E-state index contributed by atoms with van der Waals surface area (Å²) >= 11 is 0. The van der Waals surface area contributed by atoms with Gasteiger partial charge in [-0.1, -0.05) is 6.07 Å². The first-order valence-electron chi connectivity index (χ1n) is 9.37. The van der Waals surface area contributed by atoms with Crippen LogP contribution >= 0.6 is 0 Å². The number of hydrogen-bond donors (Lipinski definition) is 1. The lowest BCUT2D eigenvalue weighted by Crippen LogP contribution is -2.47. The summed E-state index contributed by atoms with van der Waals surface area (Å²) in [7, 11) is 3.25. The Morgan fingerprint density at radius 3 is 2.76 bits per heavy atom. The van der Waals surface area contributed by atoms with Crippen molar-refractivity contribution in [3.63, 3.8) is 0 Å². The molecule has 1 fully saturated rings. The van der Waals surface area contributed by atoms with E-state index in [4.69, 9.17) is 9.72 Å². The van der Waals surface area contributed by atoms with E-state index in [1.54, 1.807) is 30.1 Å². The van der Waals surface area contributed by atoms with Crippen molar-refractivity contribution in [1.29, 1.82) is 0 Å². The first-order valence-corrected chi connectivity index (χ1v) is 9.37. The van der Waals surface area contributed by atoms with Gasteiger partial charge in [-0.2, -0.15) is 0 Å². The number of benzene rings is 1. The molecule has 0 spiro atoms. The van der Waals surface area contributed by atoms with Gasteiger partial charge in [0.05, 0.1) is 18.8 Å². The van der Waals surface area contributed by atoms with Crippen LogP contribution in [0.1, 0.15) is 11.6 Å². The number of methoxy groups -OCH3 is 1. The second-order valence-corrected chi connectivity index (χ2v) is 6.91. The molecule has 0 unspecified atom stereocenters. The Morgan fingerprint density at radius 2 is 2.00 bits per heavy atom. The van der Waals surface area contributed by atoms with Gasteiger partial charge in [-0.15, -0.1) is 0 Å². The quantitative estimate of drug-likeness (QED) is 0.730. The highest BCUT2D eigenvalue weighted by Crippen LogP contribution is 2.29. The molecule has 1 saturated heterocycles. The molecular formula is C21H22FN5O2. The summed E-state index contributed by atoms with van der Waals surface area (Å²) in [5, 5.41) is 3.44. The van der Waals surface area contributed by atoms with Gasteiger partial charge in [0.15, 0.2) is 0 Å². The topological polar surface area (TPSA) is 72.3 Å². The Bertz CT molecular complexity index is 1070. The SMILES string of the molecule is COc1cc(F)ccc1[C@H]1CN(c2nc(-c3ccncc3)cc(=O)n2C)CCN1. The third-order valence-corrected chi connectivity index (χ3v) is 5.12. The molecule has 29 heavy (non-hydrogen) atoms. The van der Waals surface area contributed by atoms with E-state index in [0.717, 1.165) is 11.1 Å². The van der Waals surface area contributed by atoms with E-state index in [9.17, 15) is 9.18 Å². The van der Waals surface area contributed by atoms with Gasteiger partial charge in [-0.25, -0.2) is 9.37 Å². The van der Waals surface area contributed by atoms with E-state index in [-0.39, 0.29) is 17.4 Å². The number of ether oxygens (including phenoxy) is 1. The first-order chi connectivity index (χ1) is 14.1. The standard InChI is InChI=1S/C21H22FN5O2/c1-26-20(28)12-17(14-5-7-23-8-6-14)25-21(26)27-10-9-24-18(13-27)16-4-3-15(22)11-19(16)29-2/h3-8,11-12,18,24H,9-10,13H2,1-2H3/t18-/m1/s1. The summed E-state index contributed by atoms with van der Waals surface area (Å²) in [6.07, 6.45) is 3.35. The van der Waals surface area contributed by atoms with Crippen LogP contribution in [-0.4, -0.2) is 41.3 Å². The van der Waals surface area contributed by atoms with Crippen molar-refractivity contribution in [2.24, 2.45) is 7.05 Å². The Kier molecular flexibility index (Phi) is 5.26. The van der Waals surface area contributed by atoms with Gasteiger partial charge < -0.3 is 15.0 Å². The molecule has 0 amide bonds. The fraction of sp³-hybridized carbons (Fsp3) is 0.286. The van der Waals surface area contributed by atoms with Crippen molar-refractivity contribution in [2.75, 3.05) is 31.6 Å². The molecule has 7 nitrogen and oxygen atoms in total. The summed E-state index contributed by atoms with van der Waals surface area (Å²) in [5.74, 6) is 0.751. The number of nitrogens with one attached hydrogen (secondary N) is 1. The number of hydrogen-bond acceptors (Lipinski definition) is 6. The fourth-order valence-corrected chi connectivity index (χ4v) is 3.59. The van der Waals surface area contributed by atoms with Crippen LogP contribution in [0.3, 0.4) is 0 Å². The maximum Gasteiger partial charge on any atom is 0.255 e. The third-order valence-electron chi connectivity index (χ3n) is 5.12. The highest BCUT2D eigenvalue weighted by atomic mass is 19.1. The predicted molar refractivity (Wildman–Crippen MR) is 109 cm³/mol. The molecule has 1 aliphatic heterocycles. The molecule has 0 bridgehead atoms. The molecule has 1 aromatic carbocycles. The highest BCUT2D eigenvalue weighted by Gasteiger charge is 2.26. The lowest BCUT2D eigenvalue weighted by molar-refractivity contribution is 0.387. The molecular weight excluding hydrogens is 373 g/mol. The number of aromatic nitrogens is 3. The van der Waals surface area contributed by atoms with Crippen LogP contribution in [0.25, 0.3) is 11.3 Å². The minimum atomic E-state index is -0.340. The van der Waals surface area contributed by atoms with Gasteiger partial charge in [0.25, 0.3) is 5.56 Å². The minimum absolute atomic E-state index is 0.0826. The molecule has 0 radical (unpaired) electrons. The van der Waals surface area contributed by atoms with Crippen LogP contribution in [0.2, 0.25) is 0 Å². The Morgan fingerprint density at radius 1 is 1.21 bits per heavy atom. The normalized spacial score (nSPS) is 16.7. The Labute approximate surface area is 167 Å². The van der Waals surface area contributed by atoms with Gasteiger partial charge in [0, 0.05) is 62.3 Å². The van der Waals surface area contributed by atoms with Gasteiger partial charge >= 0.3 is 0 Å². The Balaban J connectivity index is 1.68. The van der Waals surface area contributed by atoms with Gasteiger partial charge in [0.2, 0.25) is 5.95 Å². The van der Waals surface area contributed by atoms with Crippen molar-refractivity contribution in [2.45, 2.75) is 6.04 Å².